The molecule has 0 fully saturated rings. The lowest BCUT2D eigenvalue weighted by molar-refractivity contribution is -0.123. The highest BCUT2D eigenvalue weighted by Gasteiger charge is 2.18. The van der Waals surface area contributed by atoms with E-state index < -0.39 is 0 Å². The molecule has 0 saturated heterocycles. The van der Waals surface area contributed by atoms with E-state index in [4.69, 9.17) is 0 Å². The van der Waals surface area contributed by atoms with Gasteiger partial charge in [-0.15, -0.1) is 0 Å². The number of allylic oxidation sites excluding steroid dienone is 2. The van der Waals surface area contributed by atoms with E-state index in [-0.39, 0.29) is 11.8 Å². The van der Waals surface area contributed by atoms with Crippen molar-refractivity contribution in [2.24, 2.45) is 0 Å². The Morgan fingerprint density at radius 2 is 2.17 bits per heavy atom. The maximum absolute atomic E-state index is 10.9. The Kier molecular flexibility index (Phi) is 3.22. The molecule has 0 bridgehead atoms. The molecule has 0 atom stereocenters. The van der Waals surface area contributed by atoms with Crippen LogP contribution in [0.4, 0.5) is 0 Å². The summed E-state index contributed by atoms with van der Waals surface area (Å²) < 4.78 is 0. The van der Waals surface area contributed by atoms with Gasteiger partial charge in [0.1, 0.15) is 0 Å². The van der Waals surface area contributed by atoms with Crippen molar-refractivity contribution in [3.05, 3.63) is 23.8 Å². The van der Waals surface area contributed by atoms with Crippen molar-refractivity contribution in [2.75, 3.05) is 5.33 Å². The molecule has 0 spiro atoms. The van der Waals surface area contributed by atoms with Gasteiger partial charge in [0.05, 0.1) is 0 Å². The molecule has 0 aromatic carbocycles. The van der Waals surface area contributed by atoms with Crippen molar-refractivity contribution in [1.82, 2.24) is 5.32 Å². The van der Waals surface area contributed by atoms with Crippen LogP contribution < -0.4 is 5.32 Å². The van der Waals surface area contributed by atoms with Gasteiger partial charge >= 0.3 is 0 Å². The molecule has 0 aromatic heterocycles. The lowest BCUT2D eigenvalue weighted by atomic mass is 10.2. The van der Waals surface area contributed by atoms with Crippen LogP contribution in [0.2, 0.25) is 0 Å². The standard InChI is InChI=1S/C8H8BrNO2/c9-4-2-1-3-6-5-7(11)10-8(6)12/h1-2,5H,3-4H2,(H,10,11,12)/b2-1+. The minimum atomic E-state index is -0.317. The second-order valence-corrected chi connectivity index (χ2v) is 2.97. The number of nitrogens with one attached hydrogen (secondary N) is 1. The Labute approximate surface area is 78.6 Å². The van der Waals surface area contributed by atoms with Crippen LogP contribution >= 0.6 is 15.9 Å². The van der Waals surface area contributed by atoms with Crippen molar-refractivity contribution in [3.63, 3.8) is 0 Å². The Morgan fingerprint density at radius 3 is 2.67 bits per heavy atom. The van der Waals surface area contributed by atoms with Crippen LogP contribution in [0.25, 0.3) is 0 Å². The average Bonchev–Trinajstić information content (AvgIpc) is 2.31. The first kappa shape index (κ1) is 9.19. The minimum Gasteiger partial charge on any atom is -0.289 e. The fraction of sp³-hybridized carbons (Fsp3) is 0.250. The van der Waals surface area contributed by atoms with Gasteiger partial charge < -0.3 is 0 Å². The number of carbonyl (C=O) groups is 2. The molecule has 0 aromatic rings. The highest BCUT2D eigenvalue weighted by molar-refractivity contribution is 9.09. The Morgan fingerprint density at radius 1 is 1.42 bits per heavy atom. The van der Waals surface area contributed by atoms with Gasteiger partial charge in [0, 0.05) is 17.0 Å². The monoisotopic (exact) mass is 229 g/mol. The lowest BCUT2D eigenvalue weighted by Gasteiger charge is -1.91. The second kappa shape index (κ2) is 4.21. The summed E-state index contributed by atoms with van der Waals surface area (Å²) in [6, 6.07) is 0. The van der Waals surface area contributed by atoms with Gasteiger partial charge in [-0.25, -0.2) is 0 Å². The molecule has 1 aliphatic rings. The SMILES string of the molecule is O=C1C=C(C/C=C/CBr)C(=O)N1. The van der Waals surface area contributed by atoms with Gasteiger partial charge in [-0.2, -0.15) is 0 Å². The summed E-state index contributed by atoms with van der Waals surface area (Å²) in [7, 11) is 0. The Balaban J connectivity index is 2.52. The predicted octanol–water partition coefficient (Wildman–Crippen LogP) is 0.910. The lowest BCUT2D eigenvalue weighted by Crippen LogP contribution is -2.21. The van der Waals surface area contributed by atoms with Crippen molar-refractivity contribution in [2.45, 2.75) is 6.42 Å². The predicted molar refractivity (Wildman–Crippen MR) is 48.8 cm³/mol. The summed E-state index contributed by atoms with van der Waals surface area (Å²) in [5, 5.41) is 2.94. The Bertz CT molecular complexity index is 268. The molecule has 1 N–H and O–H groups in total. The van der Waals surface area contributed by atoms with Crippen molar-refractivity contribution in [1.29, 1.82) is 0 Å². The molecule has 0 unspecified atom stereocenters. The highest BCUT2D eigenvalue weighted by Crippen LogP contribution is 2.07. The number of halogens is 1. The number of imide groups is 1. The molecule has 3 nitrogen and oxygen atoms in total. The van der Waals surface area contributed by atoms with E-state index in [1.807, 2.05) is 12.2 Å². The Hall–Kier alpha value is -0.900. The van der Waals surface area contributed by atoms with E-state index in [0.29, 0.717) is 12.0 Å². The van der Waals surface area contributed by atoms with E-state index in [1.54, 1.807) is 0 Å². The minimum absolute atomic E-state index is 0.278. The van der Waals surface area contributed by atoms with Crippen LogP contribution in [-0.4, -0.2) is 17.1 Å². The number of alkyl halides is 1. The van der Waals surface area contributed by atoms with Crippen molar-refractivity contribution >= 4 is 27.7 Å². The third-order valence-electron chi connectivity index (χ3n) is 1.43. The molecule has 0 radical (unpaired) electrons. The highest BCUT2D eigenvalue weighted by atomic mass is 79.9. The van der Waals surface area contributed by atoms with Crippen LogP contribution in [-0.2, 0) is 9.59 Å². The fourth-order valence-corrected chi connectivity index (χ4v) is 1.14. The number of carbonyl (C=O) groups excluding carboxylic acids is 2. The number of hydrogen-bond donors (Lipinski definition) is 1. The zero-order chi connectivity index (χ0) is 8.97. The first-order chi connectivity index (χ1) is 5.74. The number of hydrogen-bond acceptors (Lipinski definition) is 2. The summed E-state index contributed by atoms with van der Waals surface area (Å²) >= 11 is 3.21. The van der Waals surface area contributed by atoms with Gasteiger partial charge in [-0.1, -0.05) is 28.1 Å². The van der Waals surface area contributed by atoms with Crippen molar-refractivity contribution < 1.29 is 9.59 Å². The maximum Gasteiger partial charge on any atom is 0.254 e. The first-order valence-corrected chi connectivity index (χ1v) is 4.63. The fourth-order valence-electron chi connectivity index (χ4n) is 0.877. The molecule has 0 aliphatic carbocycles. The second-order valence-electron chi connectivity index (χ2n) is 2.32. The largest absolute Gasteiger partial charge is 0.289 e. The van der Waals surface area contributed by atoms with E-state index in [0.717, 1.165) is 5.33 Å². The third-order valence-corrected chi connectivity index (χ3v) is 1.80. The normalized spacial score (nSPS) is 16.9. The molecule has 0 saturated carbocycles. The number of amides is 2. The number of rotatable bonds is 3. The van der Waals surface area contributed by atoms with Crippen molar-refractivity contribution in [3.8, 4) is 0 Å². The summed E-state index contributed by atoms with van der Waals surface area (Å²) in [6.45, 7) is 0. The van der Waals surface area contributed by atoms with Gasteiger partial charge in [0.15, 0.2) is 0 Å². The maximum atomic E-state index is 10.9. The zero-order valence-electron chi connectivity index (χ0n) is 6.34. The molecule has 2 amide bonds. The molecule has 12 heavy (non-hydrogen) atoms. The van der Waals surface area contributed by atoms with E-state index in [2.05, 4.69) is 21.2 Å². The van der Waals surface area contributed by atoms with Crippen LogP contribution in [0.15, 0.2) is 23.8 Å². The third kappa shape index (κ3) is 2.30. The molecule has 1 heterocycles. The molecule has 64 valence electrons. The van der Waals surface area contributed by atoms with E-state index in [1.165, 1.54) is 6.08 Å². The molecule has 1 aliphatic heterocycles. The molecule has 4 heteroatoms. The molecular weight excluding hydrogens is 222 g/mol. The summed E-state index contributed by atoms with van der Waals surface area (Å²) in [5.41, 5.74) is 0.525. The van der Waals surface area contributed by atoms with Gasteiger partial charge in [0.25, 0.3) is 11.8 Å². The topological polar surface area (TPSA) is 46.2 Å². The molecular formula is C8H8BrNO2. The molecule has 1 rings (SSSR count). The summed E-state index contributed by atoms with van der Waals surface area (Å²) in [6.07, 6.45) is 5.58. The first-order valence-electron chi connectivity index (χ1n) is 3.51. The van der Waals surface area contributed by atoms with E-state index in [9.17, 15) is 9.59 Å². The summed E-state index contributed by atoms with van der Waals surface area (Å²) in [4.78, 5) is 21.6. The van der Waals surface area contributed by atoms with E-state index >= 15 is 0 Å². The van der Waals surface area contributed by atoms with Gasteiger partial charge in [-0.3, -0.25) is 14.9 Å². The smallest absolute Gasteiger partial charge is 0.254 e. The van der Waals surface area contributed by atoms with Crippen LogP contribution in [0, 0.1) is 0 Å². The zero-order valence-corrected chi connectivity index (χ0v) is 7.93. The van der Waals surface area contributed by atoms with Crippen LogP contribution in [0.1, 0.15) is 6.42 Å². The van der Waals surface area contributed by atoms with Gasteiger partial charge in [-0.05, 0) is 6.42 Å². The summed E-state index contributed by atoms with van der Waals surface area (Å²) in [5.74, 6) is -0.596. The van der Waals surface area contributed by atoms with Gasteiger partial charge in [0.2, 0.25) is 0 Å². The average molecular weight is 230 g/mol. The quantitative estimate of drug-likeness (QED) is 0.445. The van der Waals surface area contributed by atoms with Crippen LogP contribution in [0.3, 0.4) is 0 Å². The van der Waals surface area contributed by atoms with Crippen LogP contribution in [0.5, 0.6) is 0 Å².